The van der Waals surface area contributed by atoms with Crippen molar-refractivity contribution < 1.29 is 9.84 Å². The Morgan fingerprint density at radius 3 is 3.00 bits per heavy atom. The third-order valence-electron chi connectivity index (χ3n) is 2.22. The molecule has 13 heavy (non-hydrogen) atoms. The van der Waals surface area contributed by atoms with Gasteiger partial charge in [-0.3, -0.25) is 0 Å². The number of methoxy groups -OCH3 is 1. The summed E-state index contributed by atoms with van der Waals surface area (Å²) in [4.78, 5) is 0. The molecule has 1 aliphatic carbocycles. The van der Waals surface area contributed by atoms with E-state index in [1.807, 2.05) is 18.2 Å². The zero-order valence-electron chi connectivity index (χ0n) is 7.50. The smallest absolute Gasteiger partial charge is 0.119 e. The molecule has 1 aromatic rings. The van der Waals surface area contributed by atoms with E-state index in [2.05, 4.69) is 6.08 Å². The van der Waals surface area contributed by atoms with E-state index in [0.29, 0.717) is 12.2 Å². The van der Waals surface area contributed by atoms with Crippen LogP contribution in [0.25, 0.3) is 0 Å². The predicted octanol–water partition coefficient (Wildman–Crippen LogP) is 2.23. The fourth-order valence-electron chi connectivity index (χ4n) is 1.50. The van der Waals surface area contributed by atoms with E-state index in [1.54, 1.807) is 7.11 Å². The maximum Gasteiger partial charge on any atom is 0.119 e. The Hall–Kier alpha value is -1.44. The minimum absolute atomic E-state index is 0.345. The Labute approximate surface area is 77.5 Å². The molecule has 2 heteroatoms. The number of aryl methyl sites for hydroxylation is 1. The van der Waals surface area contributed by atoms with Gasteiger partial charge < -0.3 is 9.84 Å². The standard InChI is InChI=1S/C11H11O2/c1-13-11-5-3-8-6-10(12)4-2-9(8)7-11/h3,5,7,12H,2,4H2,1H3. The van der Waals surface area contributed by atoms with Crippen LogP contribution >= 0.6 is 0 Å². The summed E-state index contributed by atoms with van der Waals surface area (Å²) < 4.78 is 5.11. The number of hydrogen-bond donors (Lipinski definition) is 1. The van der Waals surface area contributed by atoms with Gasteiger partial charge in [-0.2, -0.15) is 0 Å². The molecule has 0 aromatic heterocycles. The van der Waals surface area contributed by atoms with Crippen LogP contribution in [-0.2, 0) is 6.42 Å². The van der Waals surface area contributed by atoms with Crippen LogP contribution in [0, 0.1) is 6.08 Å². The van der Waals surface area contributed by atoms with Crippen LogP contribution in [0.4, 0.5) is 0 Å². The molecule has 1 aromatic carbocycles. The van der Waals surface area contributed by atoms with Crippen LogP contribution in [0.3, 0.4) is 0 Å². The molecule has 1 radical (unpaired) electrons. The zero-order valence-corrected chi connectivity index (χ0v) is 7.50. The van der Waals surface area contributed by atoms with Crippen LogP contribution in [0.5, 0.6) is 5.75 Å². The number of ether oxygens (including phenoxy) is 1. The first kappa shape index (κ1) is 8.17. The molecule has 0 saturated heterocycles. The van der Waals surface area contributed by atoms with Gasteiger partial charge in [-0.05, 0) is 29.7 Å². The van der Waals surface area contributed by atoms with Crippen LogP contribution < -0.4 is 4.74 Å². The molecule has 0 fully saturated rings. The molecule has 0 aliphatic heterocycles. The Morgan fingerprint density at radius 1 is 1.38 bits per heavy atom. The third kappa shape index (κ3) is 1.52. The Kier molecular flexibility index (Phi) is 1.97. The minimum atomic E-state index is 0.345. The zero-order chi connectivity index (χ0) is 9.26. The van der Waals surface area contributed by atoms with Crippen molar-refractivity contribution in [3.8, 4) is 5.75 Å². The van der Waals surface area contributed by atoms with E-state index < -0.39 is 0 Å². The molecule has 0 saturated carbocycles. The lowest BCUT2D eigenvalue weighted by Gasteiger charge is -2.12. The molecule has 0 heterocycles. The van der Waals surface area contributed by atoms with Crippen molar-refractivity contribution in [3.63, 3.8) is 0 Å². The highest BCUT2D eigenvalue weighted by molar-refractivity contribution is 5.41. The molecular formula is C11H11O2. The molecule has 2 nitrogen and oxygen atoms in total. The number of allylic oxidation sites excluding steroid dienone is 1. The van der Waals surface area contributed by atoms with Gasteiger partial charge in [0.15, 0.2) is 0 Å². The minimum Gasteiger partial charge on any atom is -0.512 e. The van der Waals surface area contributed by atoms with Gasteiger partial charge >= 0.3 is 0 Å². The molecule has 0 bridgehead atoms. The van der Waals surface area contributed by atoms with E-state index >= 15 is 0 Å². The first-order chi connectivity index (χ1) is 6.29. The summed E-state index contributed by atoms with van der Waals surface area (Å²) in [6, 6.07) is 5.79. The van der Waals surface area contributed by atoms with Gasteiger partial charge in [0, 0.05) is 12.5 Å². The quantitative estimate of drug-likeness (QED) is 0.709. The monoisotopic (exact) mass is 175 g/mol. The fraction of sp³-hybridized carbons (Fsp3) is 0.273. The largest absolute Gasteiger partial charge is 0.512 e. The van der Waals surface area contributed by atoms with Crippen molar-refractivity contribution in [2.45, 2.75) is 12.8 Å². The summed E-state index contributed by atoms with van der Waals surface area (Å²) in [5, 5.41) is 9.26. The van der Waals surface area contributed by atoms with Crippen molar-refractivity contribution in [1.29, 1.82) is 0 Å². The first-order valence-electron chi connectivity index (χ1n) is 4.28. The molecule has 0 spiro atoms. The first-order valence-corrected chi connectivity index (χ1v) is 4.28. The molecule has 0 amide bonds. The molecular weight excluding hydrogens is 164 g/mol. The fourth-order valence-corrected chi connectivity index (χ4v) is 1.50. The lowest BCUT2D eigenvalue weighted by molar-refractivity contribution is 0.381. The van der Waals surface area contributed by atoms with Gasteiger partial charge in [-0.25, -0.2) is 0 Å². The summed E-state index contributed by atoms with van der Waals surface area (Å²) in [6.45, 7) is 0. The van der Waals surface area contributed by atoms with E-state index in [9.17, 15) is 5.11 Å². The lowest BCUT2D eigenvalue weighted by atomic mass is 9.96. The molecule has 0 unspecified atom stereocenters. The second-order valence-corrected chi connectivity index (χ2v) is 3.09. The second kappa shape index (κ2) is 3.13. The van der Waals surface area contributed by atoms with E-state index in [-0.39, 0.29) is 0 Å². The third-order valence-corrected chi connectivity index (χ3v) is 2.22. The second-order valence-electron chi connectivity index (χ2n) is 3.09. The van der Waals surface area contributed by atoms with Crippen LogP contribution in [0.1, 0.15) is 17.5 Å². The highest BCUT2D eigenvalue weighted by Crippen LogP contribution is 2.24. The normalized spacial score (nSPS) is 14.7. The molecule has 1 N–H and O–H groups in total. The van der Waals surface area contributed by atoms with Crippen LogP contribution in [-0.4, -0.2) is 12.2 Å². The van der Waals surface area contributed by atoms with E-state index in [4.69, 9.17) is 4.74 Å². The summed E-state index contributed by atoms with van der Waals surface area (Å²) in [7, 11) is 1.65. The number of rotatable bonds is 1. The molecule has 0 atom stereocenters. The number of benzene rings is 1. The Bertz CT molecular complexity index is 353. The topological polar surface area (TPSA) is 29.5 Å². The highest BCUT2D eigenvalue weighted by Gasteiger charge is 2.10. The summed E-state index contributed by atoms with van der Waals surface area (Å²) >= 11 is 0. The average molecular weight is 175 g/mol. The van der Waals surface area contributed by atoms with Gasteiger partial charge in [-0.15, -0.1) is 0 Å². The van der Waals surface area contributed by atoms with Gasteiger partial charge in [0.2, 0.25) is 0 Å². The van der Waals surface area contributed by atoms with Crippen molar-refractivity contribution >= 4 is 0 Å². The number of aliphatic hydroxyl groups is 1. The summed E-state index contributed by atoms with van der Waals surface area (Å²) in [5.74, 6) is 1.21. The van der Waals surface area contributed by atoms with E-state index in [1.165, 1.54) is 5.56 Å². The Balaban J connectivity index is 2.43. The highest BCUT2D eigenvalue weighted by atomic mass is 16.5. The van der Waals surface area contributed by atoms with Crippen molar-refractivity contribution in [1.82, 2.24) is 0 Å². The van der Waals surface area contributed by atoms with Gasteiger partial charge in [0.1, 0.15) is 11.5 Å². The number of aliphatic hydroxyl groups excluding tert-OH is 1. The van der Waals surface area contributed by atoms with Gasteiger partial charge in [0.05, 0.1) is 7.11 Å². The van der Waals surface area contributed by atoms with E-state index in [0.717, 1.165) is 17.7 Å². The van der Waals surface area contributed by atoms with Gasteiger partial charge in [-0.1, -0.05) is 6.07 Å². The van der Waals surface area contributed by atoms with Crippen LogP contribution in [0.2, 0.25) is 0 Å². The lowest BCUT2D eigenvalue weighted by Crippen LogP contribution is -2.00. The molecule has 1 aliphatic rings. The summed E-state index contributed by atoms with van der Waals surface area (Å²) in [6.07, 6.45) is 4.47. The maximum atomic E-state index is 9.26. The van der Waals surface area contributed by atoms with Crippen molar-refractivity contribution in [2.75, 3.05) is 7.11 Å². The van der Waals surface area contributed by atoms with Crippen LogP contribution in [0.15, 0.2) is 24.0 Å². The number of hydrogen-bond acceptors (Lipinski definition) is 2. The van der Waals surface area contributed by atoms with Crippen molar-refractivity contribution in [3.05, 3.63) is 41.2 Å². The predicted molar refractivity (Wildman–Crippen MR) is 49.8 cm³/mol. The average Bonchev–Trinajstić information content (AvgIpc) is 2.17. The van der Waals surface area contributed by atoms with Crippen molar-refractivity contribution in [2.24, 2.45) is 0 Å². The molecule has 67 valence electrons. The molecule has 2 rings (SSSR count). The Morgan fingerprint density at radius 2 is 2.23 bits per heavy atom. The SMILES string of the molecule is COc1ccc2c(c1)CCC(O)=[C]2. The summed E-state index contributed by atoms with van der Waals surface area (Å²) in [5.41, 5.74) is 2.17. The number of fused-ring (bicyclic) bond motifs is 1. The van der Waals surface area contributed by atoms with Gasteiger partial charge in [0.25, 0.3) is 0 Å². The maximum absolute atomic E-state index is 9.26.